The van der Waals surface area contributed by atoms with Crippen LogP contribution in [-0.2, 0) is 19.0 Å². The van der Waals surface area contributed by atoms with E-state index in [2.05, 4.69) is 6.58 Å². The van der Waals surface area contributed by atoms with E-state index in [4.69, 9.17) is 14.2 Å². The van der Waals surface area contributed by atoms with Crippen molar-refractivity contribution >= 4 is 5.97 Å². The number of hydrogen-bond donors (Lipinski definition) is 3. The molecule has 0 aromatic rings. The van der Waals surface area contributed by atoms with E-state index in [1.54, 1.807) is 13.8 Å². The van der Waals surface area contributed by atoms with E-state index in [0.29, 0.717) is 5.57 Å². The lowest BCUT2D eigenvalue weighted by atomic mass is 9.50. The van der Waals surface area contributed by atoms with Gasteiger partial charge in [-0.2, -0.15) is 0 Å². The molecule has 2 saturated carbocycles. The maximum absolute atomic E-state index is 12.5. The minimum Gasteiger partial charge on any atom is -0.469 e. The summed E-state index contributed by atoms with van der Waals surface area (Å²) < 4.78 is 16.6. The number of ether oxygens (including phenoxy) is 3. The van der Waals surface area contributed by atoms with Crippen LogP contribution in [0.1, 0.15) is 13.8 Å². The molecule has 5 fully saturated rings. The summed E-state index contributed by atoms with van der Waals surface area (Å²) >= 11 is 0. The van der Waals surface area contributed by atoms with Gasteiger partial charge in [-0.05, 0) is 6.92 Å². The SMILES string of the molecule is C=C(C)[C@@H]1[C@H]2O[C@@H]3[C@@H](O)[C@]4(O)CO[C@H]2[C@]4(C)[C@]3(O)[C@H]1C(=O)OC. The summed E-state index contributed by atoms with van der Waals surface area (Å²) in [6.45, 7) is 7.24. The fourth-order valence-corrected chi connectivity index (χ4v) is 5.63. The van der Waals surface area contributed by atoms with Crippen LogP contribution in [0.15, 0.2) is 12.2 Å². The van der Waals surface area contributed by atoms with Gasteiger partial charge in [0.25, 0.3) is 0 Å². The van der Waals surface area contributed by atoms with E-state index in [-0.39, 0.29) is 6.61 Å². The first-order chi connectivity index (χ1) is 10.7. The summed E-state index contributed by atoms with van der Waals surface area (Å²) in [7, 11) is 1.25. The molecule has 23 heavy (non-hydrogen) atoms. The molecule has 3 saturated heterocycles. The van der Waals surface area contributed by atoms with Crippen molar-refractivity contribution in [1.29, 1.82) is 0 Å². The van der Waals surface area contributed by atoms with E-state index in [0.717, 1.165) is 0 Å². The molecule has 3 N–H and O–H groups in total. The Balaban J connectivity index is 1.98. The van der Waals surface area contributed by atoms with Crippen LogP contribution in [0, 0.1) is 17.3 Å². The van der Waals surface area contributed by atoms with Crippen molar-refractivity contribution in [2.75, 3.05) is 13.7 Å². The Kier molecular flexibility index (Phi) is 2.80. The molecule has 0 spiro atoms. The van der Waals surface area contributed by atoms with Crippen molar-refractivity contribution in [2.24, 2.45) is 17.3 Å². The van der Waals surface area contributed by atoms with Crippen LogP contribution < -0.4 is 0 Å². The normalized spacial score (nSPS) is 59.2. The summed E-state index contributed by atoms with van der Waals surface area (Å²) in [6, 6.07) is 0. The molecule has 5 aliphatic rings. The number of esters is 1. The van der Waals surface area contributed by atoms with Crippen molar-refractivity contribution < 1.29 is 34.3 Å². The largest absolute Gasteiger partial charge is 0.469 e. The number of aliphatic hydroxyl groups is 3. The van der Waals surface area contributed by atoms with Gasteiger partial charge in [0.15, 0.2) is 0 Å². The van der Waals surface area contributed by atoms with Gasteiger partial charge in [-0.3, -0.25) is 4.79 Å². The first-order valence-electron chi connectivity index (χ1n) is 7.79. The maximum Gasteiger partial charge on any atom is 0.312 e. The lowest BCUT2D eigenvalue weighted by Gasteiger charge is -2.62. The van der Waals surface area contributed by atoms with Gasteiger partial charge >= 0.3 is 5.97 Å². The lowest BCUT2D eigenvalue weighted by Crippen LogP contribution is -2.77. The number of rotatable bonds is 2. The molecule has 0 radical (unpaired) electrons. The predicted octanol–water partition coefficient (Wildman–Crippen LogP) is -1.01. The molecule has 0 amide bonds. The zero-order valence-corrected chi connectivity index (χ0v) is 13.4. The third kappa shape index (κ3) is 1.28. The second kappa shape index (κ2) is 4.15. The minimum atomic E-state index is -1.80. The highest BCUT2D eigenvalue weighted by Gasteiger charge is 2.89. The summed E-state index contributed by atoms with van der Waals surface area (Å²) in [4.78, 5) is 12.5. The number of aliphatic hydroxyl groups excluding tert-OH is 1. The van der Waals surface area contributed by atoms with Crippen molar-refractivity contribution in [3.8, 4) is 0 Å². The Bertz CT molecular complexity index is 605. The summed E-state index contributed by atoms with van der Waals surface area (Å²) in [5.41, 5.74) is -4.02. The molecular formula is C16H22O7. The van der Waals surface area contributed by atoms with Crippen LogP contribution in [0.5, 0.6) is 0 Å². The molecule has 3 aliphatic heterocycles. The molecule has 2 aliphatic carbocycles. The highest BCUT2D eigenvalue weighted by Crippen LogP contribution is 2.71. The van der Waals surface area contributed by atoms with E-state index < -0.39 is 58.8 Å². The molecule has 0 unspecified atom stereocenters. The van der Waals surface area contributed by atoms with Gasteiger partial charge in [0, 0.05) is 5.92 Å². The fourth-order valence-electron chi connectivity index (χ4n) is 5.63. The molecule has 4 bridgehead atoms. The molecule has 0 aromatic heterocycles. The Morgan fingerprint density at radius 2 is 2.00 bits per heavy atom. The van der Waals surface area contributed by atoms with E-state index in [1.807, 2.05) is 0 Å². The number of carbonyl (C=O) groups is 1. The highest BCUT2D eigenvalue weighted by atomic mass is 16.6. The standard InChI is InChI=1S/C16H22O7/c1-6(2)7-8(13(18)21-4)16(20)12-10(17)15(19)5-22-11(9(7)23-12)14(15,16)3/h7-12,17,19-20H,1,5H2,2-4H3/t7-,8+,9+,10+,11+,12+,14-,15+,16-/m0/s1. The van der Waals surface area contributed by atoms with Gasteiger partial charge in [0.2, 0.25) is 0 Å². The maximum atomic E-state index is 12.5. The molecule has 0 aromatic carbocycles. The number of hydrogen-bond acceptors (Lipinski definition) is 7. The zero-order valence-electron chi connectivity index (χ0n) is 13.4. The molecule has 5 rings (SSSR count). The molecule has 7 heteroatoms. The summed E-state index contributed by atoms with van der Waals surface area (Å²) in [5, 5.41) is 33.2. The second-order valence-electron chi connectivity index (χ2n) is 7.52. The summed E-state index contributed by atoms with van der Waals surface area (Å²) in [5.74, 6) is -2.07. The Hall–Kier alpha value is -0.990. The number of fused-ring (bicyclic) bond motifs is 1. The van der Waals surface area contributed by atoms with Crippen molar-refractivity contribution in [1.82, 2.24) is 0 Å². The van der Waals surface area contributed by atoms with Crippen LogP contribution in [0.25, 0.3) is 0 Å². The molecule has 128 valence electrons. The lowest BCUT2D eigenvalue weighted by molar-refractivity contribution is -0.330. The van der Waals surface area contributed by atoms with Gasteiger partial charge in [-0.25, -0.2) is 0 Å². The molecule has 7 nitrogen and oxygen atoms in total. The Labute approximate surface area is 133 Å². The van der Waals surface area contributed by atoms with Crippen LogP contribution in [0.3, 0.4) is 0 Å². The molecular weight excluding hydrogens is 304 g/mol. The van der Waals surface area contributed by atoms with Gasteiger partial charge in [-0.15, -0.1) is 0 Å². The van der Waals surface area contributed by atoms with Crippen molar-refractivity contribution in [3.63, 3.8) is 0 Å². The first kappa shape index (κ1) is 15.5. The topological polar surface area (TPSA) is 105 Å². The van der Waals surface area contributed by atoms with E-state index >= 15 is 0 Å². The quantitative estimate of drug-likeness (QED) is 0.441. The van der Waals surface area contributed by atoms with Crippen molar-refractivity contribution in [3.05, 3.63) is 12.2 Å². The Morgan fingerprint density at radius 1 is 1.35 bits per heavy atom. The predicted molar refractivity (Wildman–Crippen MR) is 76.2 cm³/mol. The van der Waals surface area contributed by atoms with E-state index in [9.17, 15) is 20.1 Å². The second-order valence-corrected chi connectivity index (χ2v) is 7.52. The van der Waals surface area contributed by atoms with Gasteiger partial charge in [0.1, 0.15) is 23.4 Å². The van der Waals surface area contributed by atoms with Crippen LogP contribution in [-0.4, -0.2) is 70.6 Å². The highest BCUT2D eigenvalue weighted by molar-refractivity contribution is 5.77. The Morgan fingerprint density at radius 3 is 2.57 bits per heavy atom. The number of methoxy groups -OCH3 is 1. The first-order valence-corrected chi connectivity index (χ1v) is 7.79. The zero-order chi connectivity index (χ0) is 16.9. The van der Waals surface area contributed by atoms with Crippen molar-refractivity contribution in [2.45, 2.75) is 49.5 Å². The van der Waals surface area contributed by atoms with Crippen LogP contribution in [0.4, 0.5) is 0 Å². The molecule has 9 atom stereocenters. The average molecular weight is 326 g/mol. The van der Waals surface area contributed by atoms with Gasteiger partial charge in [0.05, 0.1) is 37.3 Å². The van der Waals surface area contributed by atoms with Gasteiger partial charge < -0.3 is 29.5 Å². The fraction of sp³-hybridized carbons (Fsp3) is 0.812. The smallest absolute Gasteiger partial charge is 0.312 e. The summed E-state index contributed by atoms with van der Waals surface area (Å²) in [6.07, 6.45) is -3.62. The van der Waals surface area contributed by atoms with E-state index in [1.165, 1.54) is 7.11 Å². The van der Waals surface area contributed by atoms with Crippen LogP contribution in [0.2, 0.25) is 0 Å². The van der Waals surface area contributed by atoms with Crippen LogP contribution >= 0.6 is 0 Å². The minimum absolute atomic E-state index is 0.106. The monoisotopic (exact) mass is 326 g/mol. The average Bonchev–Trinajstić information content (AvgIpc) is 2.83. The molecule has 3 heterocycles. The third-order valence-corrected chi connectivity index (χ3v) is 6.81. The third-order valence-electron chi connectivity index (χ3n) is 6.81. The van der Waals surface area contributed by atoms with Gasteiger partial charge in [-0.1, -0.05) is 19.1 Å². The number of carbonyl (C=O) groups excluding carboxylic acids is 1.